The van der Waals surface area contributed by atoms with Crippen LogP contribution in [0.15, 0.2) is 23.6 Å². The van der Waals surface area contributed by atoms with Gasteiger partial charge in [0.05, 0.1) is 6.54 Å². The zero-order valence-corrected chi connectivity index (χ0v) is 10.7. The molecule has 2 aliphatic rings. The standard InChI is InChI=1S/C13H20F2N2O/c1-10-2-3-11(8-12(10)16)18-7-6-17-5-4-13(14,15)9-17/h3,8,10H,2,4-7,9,16H2,1H3. The molecule has 0 bridgehead atoms. The fraction of sp³-hybridized carbons (Fsp3) is 0.692. The van der Waals surface area contributed by atoms with E-state index in [1.165, 1.54) is 0 Å². The molecule has 1 aliphatic carbocycles. The average molecular weight is 258 g/mol. The minimum absolute atomic E-state index is 0.0416. The number of nitrogens with two attached hydrogens (primary N) is 1. The molecule has 18 heavy (non-hydrogen) atoms. The van der Waals surface area contributed by atoms with E-state index in [1.807, 2.05) is 12.2 Å². The van der Waals surface area contributed by atoms with E-state index in [4.69, 9.17) is 10.5 Å². The van der Waals surface area contributed by atoms with Crippen LogP contribution in [0.5, 0.6) is 0 Å². The summed E-state index contributed by atoms with van der Waals surface area (Å²) in [7, 11) is 0. The topological polar surface area (TPSA) is 38.5 Å². The molecule has 0 radical (unpaired) electrons. The van der Waals surface area contributed by atoms with E-state index in [-0.39, 0.29) is 13.0 Å². The second-order valence-electron chi connectivity index (χ2n) is 5.12. The smallest absolute Gasteiger partial charge is 0.261 e. The molecule has 1 aliphatic heterocycles. The van der Waals surface area contributed by atoms with Crippen LogP contribution >= 0.6 is 0 Å². The predicted octanol–water partition coefficient (Wildman–Crippen LogP) is 2.11. The number of hydrogen-bond acceptors (Lipinski definition) is 3. The highest BCUT2D eigenvalue weighted by Crippen LogP contribution is 2.26. The number of ether oxygens (including phenoxy) is 1. The monoisotopic (exact) mass is 258 g/mol. The number of allylic oxidation sites excluding steroid dienone is 3. The molecular weight excluding hydrogens is 238 g/mol. The number of nitrogens with zero attached hydrogens (tertiary/aromatic N) is 1. The highest BCUT2D eigenvalue weighted by Gasteiger charge is 2.37. The highest BCUT2D eigenvalue weighted by atomic mass is 19.3. The molecule has 1 atom stereocenters. The molecule has 0 aromatic heterocycles. The van der Waals surface area contributed by atoms with Gasteiger partial charge in [0.25, 0.3) is 5.92 Å². The van der Waals surface area contributed by atoms with Gasteiger partial charge in [0.1, 0.15) is 12.4 Å². The summed E-state index contributed by atoms with van der Waals surface area (Å²) < 4.78 is 31.5. The minimum atomic E-state index is -2.52. The number of rotatable bonds is 4. The lowest BCUT2D eigenvalue weighted by Gasteiger charge is -2.19. The lowest BCUT2D eigenvalue weighted by Crippen LogP contribution is -2.28. The van der Waals surface area contributed by atoms with Gasteiger partial charge in [0, 0.05) is 25.2 Å². The second-order valence-corrected chi connectivity index (χ2v) is 5.12. The summed E-state index contributed by atoms with van der Waals surface area (Å²) in [5.74, 6) is -1.41. The van der Waals surface area contributed by atoms with Gasteiger partial charge in [-0.2, -0.15) is 0 Å². The van der Waals surface area contributed by atoms with Crippen molar-refractivity contribution in [1.82, 2.24) is 4.90 Å². The van der Waals surface area contributed by atoms with E-state index in [9.17, 15) is 8.78 Å². The van der Waals surface area contributed by atoms with Crippen LogP contribution in [0.3, 0.4) is 0 Å². The van der Waals surface area contributed by atoms with Crippen molar-refractivity contribution in [3.05, 3.63) is 23.6 Å². The van der Waals surface area contributed by atoms with Gasteiger partial charge >= 0.3 is 0 Å². The normalized spacial score (nSPS) is 27.8. The average Bonchev–Trinajstić information content (AvgIpc) is 2.63. The zero-order chi connectivity index (χ0) is 13.2. The number of likely N-dealkylation sites (tertiary alicyclic amines) is 1. The first-order valence-electron chi connectivity index (χ1n) is 6.36. The van der Waals surface area contributed by atoms with Crippen molar-refractivity contribution >= 4 is 0 Å². The van der Waals surface area contributed by atoms with Crippen molar-refractivity contribution in [3.63, 3.8) is 0 Å². The van der Waals surface area contributed by atoms with E-state index in [1.54, 1.807) is 4.90 Å². The lowest BCUT2D eigenvalue weighted by atomic mass is 9.99. The highest BCUT2D eigenvalue weighted by molar-refractivity contribution is 5.23. The molecule has 0 aromatic rings. The van der Waals surface area contributed by atoms with E-state index in [2.05, 4.69) is 6.92 Å². The predicted molar refractivity (Wildman–Crippen MR) is 66.1 cm³/mol. The summed E-state index contributed by atoms with van der Waals surface area (Å²) in [6, 6.07) is 0. The molecule has 1 heterocycles. The molecule has 0 aromatic carbocycles. The minimum Gasteiger partial charge on any atom is -0.493 e. The first-order valence-corrected chi connectivity index (χ1v) is 6.36. The third-order valence-corrected chi connectivity index (χ3v) is 3.48. The van der Waals surface area contributed by atoms with Gasteiger partial charge in [0.2, 0.25) is 0 Å². The fourth-order valence-corrected chi connectivity index (χ4v) is 2.19. The van der Waals surface area contributed by atoms with Crippen molar-refractivity contribution < 1.29 is 13.5 Å². The quantitative estimate of drug-likeness (QED) is 0.839. The maximum Gasteiger partial charge on any atom is 0.261 e. The van der Waals surface area contributed by atoms with E-state index in [0.717, 1.165) is 17.9 Å². The van der Waals surface area contributed by atoms with Gasteiger partial charge in [0.15, 0.2) is 0 Å². The third-order valence-electron chi connectivity index (χ3n) is 3.48. The van der Waals surface area contributed by atoms with Gasteiger partial charge < -0.3 is 10.5 Å². The molecule has 1 fully saturated rings. The molecule has 2 N–H and O–H groups in total. The largest absolute Gasteiger partial charge is 0.493 e. The van der Waals surface area contributed by atoms with Crippen molar-refractivity contribution in [2.75, 3.05) is 26.2 Å². The van der Waals surface area contributed by atoms with Crippen molar-refractivity contribution in [3.8, 4) is 0 Å². The van der Waals surface area contributed by atoms with Crippen LogP contribution in [0.1, 0.15) is 19.8 Å². The Balaban J connectivity index is 1.71. The van der Waals surface area contributed by atoms with Crippen LogP contribution in [0.2, 0.25) is 0 Å². The molecule has 2 rings (SSSR count). The molecule has 1 saturated heterocycles. The molecule has 3 nitrogen and oxygen atoms in total. The fourth-order valence-electron chi connectivity index (χ4n) is 2.19. The Bertz CT molecular complexity index is 366. The van der Waals surface area contributed by atoms with E-state index >= 15 is 0 Å². The van der Waals surface area contributed by atoms with Gasteiger partial charge in [-0.1, -0.05) is 6.92 Å². The van der Waals surface area contributed by atoms with Crippen LogP contribution in [-0.2, 0) is 4.74 Å². The van der Waals surface area contributed by atoms with Crippen molar-refractivity contribution in [2.45, 2.75) is 25.7 Å². The van der Waals surface area contributed by atoms with Crippen LogP contribution in [0.25, 0.3) is 0 Å². The Morgan fingerprint density at radius 1 is 1.56 bits per heavy atom. The van der Waals surface area contributed by atoms with Crippen LogP contribution in [0, 0.1) is 5.92 Å². The van der Waals surface area contributed by atoms with Crippen molar-refractivity contribution in [2.24, 2.45) is 11.7 Å². The summed E-state index contributed by atoms with van der Waals surface area (Å²) >= 11 is 0. The van der Waals surface area contributed by atoms with Gasteiger partial charge in [-0.25, -0.2) is 8.78 Å². The Kier molecular flexibility index (Phi) is 3.90. The Labute approximate surface area is 106 Å². The SMILES string of the molecule is CC1CC=C(OCCN2CCC(F)(F)C2)C=C1N. The van der Waals surface area contributed by atoms with Gasteiger partial charge in [-0.05, 0) is 24.5 Å². The molecule has 5 heteroatoms. The second kappa shape index (κ2) is 5.26. The Morgan fingerprint density at radius 3 is 2.94 bits per heavy atom. The Morgan fingerprint density at radius 2 is 2.33 bits per heavy atom. The van der Waals surface area contributed by atoms with Crippen LogP contribution < -0.4 is 5.73 Å². The van der Waals surface area contributed by atoms with Gasteiger partial charge in [-0.15, -0.1) is 0 Å². The molecule has 0 spiro atoms. The summed E-state index contributed by atoms with van der Waals surface area (Å²) in [5, 5.41) is 0. The third kappa shape index (κ3) is 3.45. The number of halogens is 2. The molecule has 0 saturated carbocycles. The lowest BCUT2D eigenvalue weighted by molar-refractivity contribution is 0.0105. The molecule has 0 amide bonds. The molecule has 1 unspecified atom stereocenters. The Hall–Kier alpha value is -1.10. The maximum atomic E-state index is 13.0. The first kappa shape index (κ1) is 13.3. The van der Waals surface area contributed by atoms with Crippen LogP contribution in [-0.4, -0.2) is 37.1 Å². The maximum absolute atomic E-state index is 13.0. The number of hydrogen-bond donors (Lipinski definition) is 1. The van der Waals surface area contributed by atoms with Crippen molar-refractivity contribution in [1.29, 1.82) is 0 Å². The van der Waals surface area contributed by atoms with Gasteiger partial charge in [-0.3, -0.25) is 4.90 Å². The summed E-state index contributed by atoms with van der Waals surface area (Å²) in [5.41, 5.74) is 6.65. The first-order chi connectivity index (χ1) is 8.46. The number of alkyl halides is 2. The van der Waals surface area contributed by atoms with E-state index in [0.29, 0.717) is 25.6 Å². The summed E-state index contributed by atoms with van der Waals surface area (Å²) in [6.45, 7) is 3.33. The molecular formula is C13H20F2N2O. The van der Waals surface area contributed by atoms with Crippen LogP contribution in [0.4, 0.5) is 8.78 Å². The molecule has 102 valence electrons. The zero-order valence-electron chi connectivity index (χ0n) is 10.7. The summed E-state index contributed by atoms with van der Waals surface area (Å²) in [6.07, 6.45) is 4.66. The summed E-state index contributed by atoms with van der Waals surface area (Å²) in [4.78, 5) is 1.74. The van der Waals surface area contributed by atoms with E-state index < -0.39 is 5.92 Å².